The highest BCUT2D eigenvalue weighted by Gasteiger charge is 2.22. The van der Waals surface area contributed by atoms with Gasteiger partial charge in [0, 0.05) is 13.7 Å². The second-order valence-electron chi connectivity index (χ2n) is 4.14. The second-order valence-corrected chi connectivity index (χ2v) is 4.61. The number of rotatable bonds is 9. The third-order valence-corrected chi connectivity index (χ3v) is 2.89. The maximum Gasteiger partial charge on any atom is 0.234 e. The molecule has 1 amide bonds. The van der Waals surface area contributed by atoms with E-state index >= 15 is 0 Å². The Hall–Kier alpha value is -1.50. The molecule has 1 aromatic rings. The Balaban J connectivity index is 2.44. The summed E-state index contributed by atoms with van der Waals surface area (Å²) in [5.41, 5.74) is 6.45. The molecule has 6 heteroatoms. The molecule has 0 heterocycles. The van der Waals surface area contributed by atoms with Gasteiger partial charge >= 0.3 is 0 Å². The molecule has 1 aromatic carbocycles. The van der Waals surface area contributed by atoms with Gasteiger partial charge in [0.25, 0.3) is 0 Å². The van der Waals surface area contributed by atoms with E-state index in [4.69, 9.17) is 27.4 Å². The summed E-state index contributed by atoms with van der Waals surface area (Å²) >= 11 is 4.98. The van der Waals surface area contributed by atoms with Gasteiger partial charge in [-0.25, -0.2) is 0 Å². The number of carbonyl (C=O) groups is 1. The summed E-state index contributed by atoms with van der Waals surface area (Å²) in [7, 11) is 1.61. The highest BCUT2D eigenvalue weighted by Crippen LogP contribution is 2.15. The number of hydrogen-bond donors (Lipinski definition) is 2. The van der Waals surface area contributed by atoms with Crippen molar-refractivity contribution in [2.45, 2.75) is 5.92 Å². The molecule has 3 N–H and O–H groups in total. The van der Waals surface area contributed by atoms with Crippen LogP contribution in [0.3, 0.4) is 0 Å². The van der Waals surface area contributed by atoms with Crippen LogP contribution < -0.4 is 11.1 Å². The average molecular weight is 296 g/mol. The molecular weight excluding hydrogens is 276 g/mol. The Kier molecular flexibility index (Phi) is 7.79. The van der Waals surface area contributed by atoms with E-state index < -0.39 is 5.92 Å². The zero-order valence-corrected chi connectivity index (χ0v) is 12.3. The van der Waals surface area contributed by atoms with E-state index in [2.05, 4.69) is 5.32 Å². The van der Waals surface area contributed by atoms with E-state index in [0.717, 1.165) is 5.56 Å². The largest absolute Gasteiger partial charge is 0.392 e. The van der Waals surface area contributed by atoms with Gasteiger partial charge in [-0.3, -0.25) is 4.79 Å². The van der Waals surface area contributed by atoms with Crippen LogP contribution in [0.15, 0.2) is 30.3 Å². The van der Waals surface area contributed by atoms with Gasteiger partial charge in [0.1, 0.15) is 5.92 Å². The van der Waals surface area contributed by atoms with Gasteiger partial charge < -0.3 is 20.5 Å². The Labute approximate surface area is 124 Å². The van der Waals surface area contributed by atoms with Crippen LogP contribution in [0.2, 0.25) is 0 Å². The van der Waals surface area contributed by atoms with Gasteiger partial charge in [0.15, 0.2) is 0 Å². The molecule has 110 valence electrons. The first-order chi connectivity index (χ1) is 9.66. The molecule has 0 fully saturated rings. The fraction of sp³-hybridized carbons (Fsp3) is 0.429. The van der Waals surface area contributed by atoms with Crippen molar-refractivity contribution >= 4 is 23.1 Å². The monoisotopic (exact) mass is 296 g/mol. The SMILES string of the molecule is COCCOCCNC(=O)C(C(N)=S)c1ccccc1. The lowest BCUT2D eigenvalue weighted by atomic mass is 9.98. The van der Waals surface area contributed by atoms with Crippen LogP contribution in [-0.4, -0.2) is 44.4 Å². The second kappa shape index (κ2) is 9.41. The topological polar surface area (TPSA) is 73.6 Å². The molecule has 1 unspecified atom stereocenters. The minimum Gasteiger partial charge on any atom is -0.392 e. The summed E-state index contributed by atoms with van der Waals surface area (Å²) in [5.74, 6) is -0.816. The minimum atomic E-state index is -0.606. The Morgan fingerprint density at radius 1 is 1.30 bits per heavy atom. The van der Waals surface area contributed by atoms with E-state index in [9.17, 15) is 4.79 Å². The zero-order chi connectivity index (χ0) is 14.8. The van der Waals surface area contributed by atoms with Crippen molar-refractivity contribution in [3.8, 4) is 0 Å². The normalized spacial score (nSPS) is 11.8. The van der Waals surface area contributed by atoms with Gasteiger partial charge in [0.05, 0.1) is 24.8 Å². The molecule has 0 aliphatic carbocycles. The number of nitrogens with one attached hydrogen (secondary N) is 1. The molecule has 0 radical (unpaired) electrons. The smallest absolute Gasteiger partial charge is 0.234 e. The number of methoxy groups -OCH3 is 1. The number of carbonyl (C=O) groups excluding carboxylic acids is 1. The maximum atomic E-state index is 12.1. The summed E-state index contributed by atoms with van der Waals surface area (Å²) in [5, 5.41) is 2.77. The standard InChI is InChI=1S/C14H20N2O3S/c1-18-9-10-19-8-7-16-14(17)12(13(15)20)11-5-3-2-4-6-11/h2-6,12H,7-10H2,1H3,(H2,15,20)(H,16,17). The van der Waals surface area contributed by atoms with E-state index in [-0.39, 0.29) is 10.9 Å². The molecule has 1 atom stereocenters. The summed E-state index contributed by atoms with van der Waals surface area (Å²) in [6.45, 7) is 1.87. The predicted molar refractivity (Wildman–Crippen MR) is 81.7 cm³/mol. The molecule has 0 aliphatic rings. The summed E-state index contributed by atoms with van der Waals surface area (Å²) in [6.07, 6.45) is 0. The third-order valence-electron chi connectivity index (χ3n) is 2.66. The first-order valence-corrected chi connectivity index (χ1v) is 6.76. The van der Waals surface area contributed by atoms with Crippen LogP contribution in [0, 0.1) is 0 Å². The van der Waals surface area contributed by atoms with Crippen molar-refractivity contribution < 1.29 is 14.3 Å². The van der Waals surface area contributed by atoms with Gasteiger partial charge in [-0.05, 0) is 5.56 Å². The minimum absolute atomic E-state index is 0.161. The molecule has 5 nitrogen and oxygen atoms in total. The number of hydrogen-bond acceptors (Lipinski definition) is 4. The van der Waals surface area contributed by atoms with E-state index in [1.165, 1.54) is 0 Å². The fourth-order valence-corrected chi connectivity index (χ4v) is 1.93. The summed E-state index contributed by atoms with van der Waals surface area (Å²) < 4.78 is 10.1. The predicted octanol–water partition coefficient (Wildman–Crippen LogP) is 0.836. The number of amides is 1. The van der Waals surface area contributed by atoms with Gasteiger partial charge in [-0.1, -0.05) is 42.5 Å². The summed E-state index contributed by atoms with van der Waals surface area (Å²) in [4.78, 5) is 12.3. The molecule has 0 saturated carbocycles. The van der Waals surface area contributed by atoms with Crippen molar-refractivity contribution in [2.24, 2.45) is 5.73 Å². The molecule has 0 aliphatic heterocycles. The van der Waals surface area contributed by atoms with Crippen LogP contribution in [0.1, 0.15) is 11.5 Å². The fourth-order valence-electron chi connectivity index (χ4n) is 1.68. The average Bonchev–Trinajstić information content (AvgIpc) is 2.43. The zero-order valence-electron chi connectivity index (χ0n) is 11.5. The highest BCUT2D eigenvalue weighted by atomic mass is 32.1. The maximum absolute atomic E-state index is 12.1. The lowest BCUT2D eigenvalue weighted by Crippen LogP contribution is -2.37. The third kappa shape index (κ3) is 5.64. The van der Waals surface area contributed by atoms with Crippen molar-refractivity contribution in [3.05, 3.63) is 35.9 Å². The Morgan fingerprint density at radius 2 is 2.00 bits per heavy atom. The lowest BCUT2D eigenvalue weighted by molar-refractivity contribution is -0.121. The number of thiocarbonyl (C=S) groups is 1. The molecule has 0 saturated heterocycles. The van der Waals surface area contributed by atoms with Crippen LogP contribution in [-0.2, 0) is 14.3 Å². The van der Waals surface area contributed by atoms with Crippen molar-refractivity contribution in [1.29, 1.82) is 0 Å². The highest BCUT2D eigenvalue weighted by molar-refractivity contribution is 7.80. The molecule has 1 rings (SSSR count). The van der Waals surface area contributed by atoms with Gasteiger partial charge in [-0.15, -0.1) is 0 Å². The van der Waals surface area contributed by atoms with Crippen LogP contribution in [0.4, 0.5) is 0 Å². The van der Waals surface area contributed by atoms with E-state index in [1.54, 1.807) is 7.11 Å². The van der Waals surface area contributed by atoms with Crippen molar-refractivity contribution in [2.75, 3.05) is 33.5 Å². The summed E-state index contributed by atoms with van der Waals surface area (Å²) in [6, 6.07) is 9.24. The van der Waals surface area contributed by atoms with Crippen molar-refractivity contribution in [3.63, 3.8) is 0 Å². The molecule has 0 aromatic heterocycles. The molecule has 20 heavy (non-hydrogen) atoms. The Morgan fingerprint density at radius 3 is 2.60 bits per heavy atom. The first-order valence-electron chi connectivity index (χ1n) is 6.35. The lowest BCUT2D eigenvalue weighted by Gasteiger charge is -2.16. The van der Waals surface area contributed by atoms with E-state index in [0.29, 0.717) is 26.4 Å². The first kappa shape index (κ1) is 16.6. The van der Waals surface area contributed by atoms with E-state index in [1.807, 2.05) is 30.3 Å². The molecule has 0 bridgehead atoms. The number of ether oxygens (including phenoxy) is 2. The van der Waals surface area contributed by atoms with Crippen LogP contribution in [0.5, 0.6) is 0 Å². The quantitative estimate of drug-likeness (QED) is 0.522. The van der Waals surface area contributed by atoms with Crippen molar-refractivity contribution in [1.82, 2.24) is 5.32 Å². The molecular formula is C14H20N2O3S. The van der Waals surface area contributed by atoms with Crippen LogP contribution in [0.25, 0.3) is 0 Å². The van der Waals surface area contributed by atoms with Gasteiger partial charge in [-0.2, -0.15) is 0 Å². The van der Waals surface area contributed by atoms with Gasteiger partial charge in [0.2, 0.25) is 5.91 Å². The van der Waals surface area contributed by atoms with Crippen LogP contribution >= 0.6 is 12.2 Å². The molecule has 0 spiro atoms. The number of nitrogens with two attached hydrogens (primary N) is 1. The number of benzene rings is 1. The Bertz CT molecular complexity index is 426.